The van der Waals surface area contributed by atoms with Gasteiger partial charge in [-0.15, -0.1) is 11.8 Å². The van der Waals surface area contributed by atoms with Crippen LogP contribution < -0.4 is 0 Å². The zero-order valence-corrected chi connectivity index (χ0v) is 8.53. The van der Waals surface area contributed by atoms with E-state index in [0.29, 0.717) is 0 Å². The second-order valence-electron chi connectivity index (χ2n) is 2.02. The Morgan fingerprint density at radius 2 is 1.82 bits per heavy atom. The molecule has 0 aliphatic carbocycles. The van der Waals surface area contributed by atoms with Crippen molar-refractivity contribution in [3.63, 3.8) is 0 Å². The lowest BCUT2D eigenvalue weighted by atomic mass is 10.2. The Hall–Kier alpha value is -0.430. The van der Waals surface area contributed by atoms with Crippen LogP contribution in [0, 0.1) is 6.92 Å². The Balaban J connectivity index is 0.000000461. The molecule has 0 bridgehead atoms. The highest BCUT2D eigenvalue weighted by Crippen LogP contribution is 2.14. The molecule has 1 rings (SSSR count). The molecule has 0 heterocycles. The maximum absolute atomic E-state index is 2.19. The Kier molecular flexibility index (Phi) is 6.05. The number of thioether (sulfide) groups is 1. The van der Waals surface area contributed by atoms with Gasteiger partial charge in [0.2, 0.25) is 0 Å². The van der Waals surface area contributed by atoms with Gasteiger partial charge in [-0.2, -0.15) is 0 Å². The lowest BCUT2D eigenvalue weighted by Gasteiger charge is -1.94. The van der Waals surface area contributed by atoms with Crippen molar-refractivity contribution < 1.29 is 0 Å². The van der Waals surface area contributed by atoms with Gasteiger partial charge in [0.15, 0.2) is 0 Å². The van der Waals surface area contributed by atoms with Crippen molar-refractivity contribution in [3.05, 3.63) is 29.8 Å². The summed E-state index contributed by atoms with van der Waals surface area (Å²) >= 11 is 1.78. The van der Waals surface area contributed by atoms with Crippen molar-refractivity contribution in [3.8, 4) is 0 Å². The Morgan fingerprint density at radius 3 is 2.18 bits per heavy atom. The SMILES string of the molecule is CC.CSc1cccc(C)c1. The van der Waals surface area contributed by atoms with E-state index in [1.54, 1.807) is 11.8 Å². The van der Waals surface area contributed by atoms with Gasteiger partial charge in [0, 0.05) is 4.90 Å². The molecule has 1 heteroatoms. The predicted molar refractivity (Wildman–Crippen MR) is 54.3 cm³/mol. The first kappa shape index (κ1) is 10.6. The molecule has 1 aromatic rings. The van der Waals surface area contributed by atoms with E-state index in [-0.39, 0.29) is 0 Å². The van der Waals surface area contributed by atoms with Gasteiger partial charge in [0.1, 0.15) is 0 Å². The molecule has 0 aromatic heterocycles. The summed E-state index contributed by atoms with van der Waals surface area (Å²) in [6.45, 7) is 6.11. The molecule has 0 unspecified atom stereocenters. The molecule has 0 aliphatic rings. The summed E-state index contributed by atoms with van der Waals surface area (Å²) in [5, 5.41) is 0. The number of aryl methyl sites for hydroxylation is 1. The van der Waals surface area contributed by atoms with Crippen LogP contribution in [0.4, 0.5) is 0 Å². The smallest absolute Gasteiger partial charge is 0.00717 e. The topological polar surface area (TPSA) is 0 Å². The Labute approximate surface area is 74.0 Å². The second kappa shape index (κ2) is 6.29. The summed E-state index contributed by atoms with van der Waals surface area (Å²) in [7, 11) is 0. The summed E-state index contributed by atoms with van der Waals surface area (Å²) in [5.74, 6) is 0. The zero-order chi connectivity index (χ0) is 8.69. The van der Waals surface area contributed by atoms with Crippen LogP contribution in [-0.2, 0) is 0 Å². The van der Waals surface area contributed by atoms with Crippen LogP contribution in [0.1, 0.15) is 19.4 Å². The molecule has 0 atom stereocenters. The molecule has 62 valence electrons. The molecule has 11 heavy (non-hydrogen) atoms. The number of hydrogen-bond donors (Lipinski definition) is 0. The lowest BCUT2D eigenvalue weighted by molar-refractivity contribution is 1.36. The third kappa shape index (κ3) is 4.10. The van der Waals surface area contributed by atoms with E-state index in [2.05, 4.69) is 37.4 Å². The minimum absolute atomic E-state index is 1.34. The molecule has 0 N–H and O–H groups in total. The summed E-state index contributed by atoms with van der Waals surface area (Å²) < 4.78 is 0. The average Bonchev–Trinajstić information content (AvgIpc) is 2.08. The summed E-state index contributed by atoms with van der Waals surface area (Å²) in [6, 6.07) is 8.50. The Bertz CT molecular complexity index is 194. The molecule has 0 aliphatic heterocycles. The second-order valence-corrected chi connectivity index (χ2v) is 2.90. The van der Waals surface area contributed by atoms with Crippen molar-refractivity contribution in [1.82, 2.24) is 0 Å². The highest BCUT2D eigenvalue weighted by Gasteiger charge is 1.86. The fourth-order valence-corrected chi connectivity index (χ4v) is 1.26. The molecule has 0 radical (unpaired) electrons. The van der Waals surface area contributed by atoms with E-state index >= 15 is 0 Å². The standard InChI is InChI=1S/C8H10S.C2H6/c1-7-4-3-5-8(6-7)9-2;1-2/h3-6H,1-2H3;1-2H3. The first-order valence-electron chi connectivity index (χ1n) is 3.93. The summed E-state index contributed by atoms with van der Waals surface area (Å²) in [5.41, 5.74) is 1.34. The number of hydrogen-bond acceptors (Lipinski definition) is 1. The van der Waals surface area contributed by atoms with E-state index in [4.69, 9.17) is 0 Å². The fraction of sp³-hybridized carbons (Fsp3) is 0.400. The largest absolute Gasteiger partial charge is 0.130 e. The molecule has 0 saturated heterocycles. The highest BCUT2D eigenvalue weighted by molar-refractivity contribution is 7.98. The minimum Gasteiger partial charge on any atom is -0.130 e. The van der Waals surface area contributed by atoms with Crippen LogP contribution in [0.5, 0.6) is 0 Å². The van der Waals surface area contributed by atoms with E-state index in [1.807, 2.05) is 13.8 Å². The molecule has 0 saturated carbocycles. The average molecular weight is 168 g/mol. The normalized spacial score (nSPS) is 8.36. The van der Waals surface area contributed by atoms with Crippen LogP contribution in [0.2, 0.25) is 0 Å². The van der Waals surface area contributed by atoms with E-state index in [1.165, 1.54) is 10.5 Å². The van der Waals surface area contributed by atoms with E-state index < -0.39 is 0 Å². The third-order valence-corrected chi connectivity index (χ3v) is 1.95. The van der Waals surface area contributed by atoms with Crippen molar-refractivity contribution >= 4 is 11.8 Å². The van der Waals surface area contributed by atoms with E-state index in [0.717, 1.165) is 0 Å². The van der Waals surface area contributed by atoms with Gasteiger partial charge in [-0.3, -0.25) is 0 Å². The molecular formula is C10H16S. The van der Waals surface area contributed by atoms with Crippen molar-refractivity contribution in [1.29, 1.82) is 0 Å². The molecule has 0 spiro atoms. The van der Waals surface area contributed by atoms with E-state index in [9.17, 15) is 0 Å². The molecule has 0 fully saturated rings. The van der Waals surface area contributed by atoms with Gasteiger partial charge in [-0.25, -0.2) is 0 Å². The Morgan fingerprint density at radius 1 is 1.18 bits per heavy atom. The quantitative estimate of drug-likeness (QED) is 0.576. The molecule has 0 nitrogen and oxygen atoms in total. The first-order chi connectivity index (χ1) is 5.33. The maximum atomic E-state index is 2.19. The van der Waals surface area contributed by atoms with Crippen molar-refractivity contribution in [2.24, 2.45) is 0 Å². The summed E-state index contributed by atoms with van der Waals surface area (Å²) in [6.07, 6.45) is 2.09. The van der Waals surface area contributed by atoms with Crippen LogP contribution in [-0.4, -0.2) is 6.26 Å². The van der Waals surface area contributed by atoms with Crippen molar-refractivity contribution in [2.45, 2.75) is 25.7 Å². The van der Waals surface area contributed by atoms with Crippen LogP contribution >= 0.6 is 11.8 Å². The van der Waals surface area contributed by atoms with Gasteiger partial charge in [0.25, 0.3) is 0 Å². The monoisotopic (exact) mass is 168 g/mol. The predicted octanol–water partition coefficient (Wildman–Crippen LogP) is 3.74. The zero-order valence-electron chi connectivity index (χ0n) is 7.72. The maximum Gasteiger partial charge on any atom is 0.00717 e. The highest BCUT2D eigenvalue weighted by atomic mass is 32.2. The third-order valence-electron chi connectivity index (χ3n) is 1.23. The van der Waals surface area contributed by atoms with Gasteiger partial charge in [-0.1, -0.05) is 31.5 Å². The van der Waals surface area contributed by atoms with Gasteiger partial charge in [-0.05, 0) is 25.3 Å². The molecule has 0 amide bonds. The van der Waals surface area contributed by atoms with Crippen LogP contribution in [0.15, 0.2) is 29.2 Å². The molecular weight excluding hydrogens is 152 g/mol. The fourth-order valence-electron chi connectivity index (χ4n) is 0.742. The lowest BCUT2D eigenvalue weighted by Crippen LogP contribution is -1.71. The van der Waals surface area contributed by atoms with Gasteiger partial charge in [0.05, 0.1) is 0 Å². The van der Waals surface area contributed by atoms with Gasteiger partial charge >= 0.3 is 0 Å². The first-order valence-corrected chi connectivity index (χ1v) is 5.16. The van der Waals surface area contributed by atoms with Gasteiger partial charge < -0.3 is 0 Å². The van der Waals surface area contributed by atoms with Crippen LogP contribution in [0.3, 0.4) is 0 Å². The number of benzene rings is 1. The number of rotatable bonds is 1. The minimum atomic E-state index is 1.34. The van der Waals surface area contributed by atoms with Crippen LogP contribution in [0.25, 0.3) is 0 Å². The summed E-state index contributed by atoms with van der Waals surface area (Å²) in [4.78, 5) is 1.34. The van der Waals surface area contributed by atoms with Crippen molar-refractivity contribution in [2.75, 3.05) is 6.26 Å². The molecule has 1 aromatic carbocycles.